The van der Waals surface area contributed by atoms with E-state index >= 15 is 0 Å². The molecule has 0 atom stereocenters. The Hall–Kier alpha value is 0.500. The van der Waals surface area contributed by atoms with Gasteiger partial charge in [-0.05, 0) is 19.3 Å². The Morgan fingerprint density at radius 2 is 1.00 bits per heavy atom. The molecule has 0 spiro atoms. The van der Waals surface area contributed by atoms with Gasteiger partial charge in [0.05, 0.1) is 0 Å². The van der Waals surface area contributed by atoms with Crippen molar-refractivity contribution >= 4 is 24.8 Å². The summed E-state index contributed by atoms with van der Waals surface area (Å²) in [5.74, 6) is 0. The van der Waals surface area contributed by atoms with Gasteiger partial charge in [0, 0.05) is 11.1 Å². The van der Waals surface area contributed by atoms with E-state index in [-0.39, 0.29) is 35.9 Å². The Labute approximate surface area is 67.2 Å². The van der Waals surface area contributed by atoms with Crippen molar-refractivity contribution in [1.29, 1.82) is 0 Å². The van der Waals surface area contributed by atoms with Gasteiger partial charge < -0.3 is 11.5 Å². The maximum atomic E-state index is 5.69. The zero-order valence-corrected chi connectivity index (χ0v) is 6.73. The van der Waals surface area contributed by atoms with E-state index in [0.29, 0.717) is 0 Å². The van der Waals surface area contributed by atoms with Gasteiger partial charge >= 0.3 is 0 Å². The van der Waals surface area contributed by atoms with Crippen LogP contribution in [0.15, 0.2) is 0 Å². The summed E-state index contributed by atoms with van der Waals surface area (Å²) in [6, 6.07) is 0. The van der Waals surface area contributed by atoms with Gasteiger partial charge in [-0.1, -0.05) is 0 Å². The molecule has 3 rings (SSSR count). The molecule has 0 saturated heterocycles. The fraction of sp³-hybridized carbons (Fsp3) is 1.00. The van der Waals surface area contributed by atoms with E-state index in [1.54, 1.807) is 0 Å². The molecule has 2 nitrogen and oxygen atoms in total. The molecule has 0 aromatic carbocycles. The lowest BCUT2D eigenvalue weighted by atomic mass is 9.45. The van der Waals surface area contributed by atoms with Crippen LogP contribution in [0.3, 0.4) is 0 Å². The standard InChI is InChI=1S/C5H10N2.2ClH/c6-4-1-5(7,2-4)3-4;;/h1-3,6-7H2;2*1H. The predicted molar refractivity (Wildman–Crippen MR) is 42.2 cm³/mol. The fourth-order valence-electron chi connectivity index (χ4n) is 1.95. The Morgan fingerprint density at radius 3 is 1.00 bits per heavy atom. The quantitative estimate of drug-likeness (QED) is 0.555. The van der Waals surface area contributed by atoms with Crippen LogP contribution in [0.5, 0.6) is 0 Å². The largest absolute Gasteiger partial charge is 0.325 e. The topological polar surface area (TPSA) is 52.0 Å². The smallest absolute Gasteiger partial charge is 0.0207 e. The molecule has 3 fully saturated rings. The van der Waals surface area contributed by atoms with Crippen LogP contribution < -0.4 is 11.5 Å². The van der Waals surface area contributed by atoms with E-state index in [0.717, 1.165) is 19.3 Å². The highest BCUT2D eigenvalue weighted by molar-refractivity contribution is 5.85. The van der Waals surface area contributed by atoms with Gasteiger partial charge in [-0.15, -0.1) is 24.8 Å². The molecule has 3 aliphatic carbocycles. The number of halogens is 2. The number of rotatable bonds is 0. The van der Waals surface area contributed by atoms with E-state index in [9.17, 15) is 0 Å². The highest BCUT2D eigenvalue weighted by Crippen LogP contribution is 2.56. The molecule has 3 aliphatic rings. The molecule has 0 aromatic rings. The second-order valence-electron chi connectivity index (χ2n) is 3.26. The molecule has 4 N–H and O–H groups in total. The van der Waals surface area contributed by atoms with Crippen molar-refractivity contribution in [1.82, 2.24) is 0 Å². The van der Waals surface area contributed by atoms with Crippen LogP contribution in [0.4, 0.5) is 0 Å². The minimum absolute atomic E-state index is 0. The van der Waals surface area contributed by atoms with Crippen molar-refractivity contribution in [2.45, 2.75) is 30.3 Å². The van der Waals surface area contributed by atoms with Crippen molar-refractivity contribution < 1.29 is 0 Å². The molecule has 9 heavy (non-hydrogen) atoms. The van der Waals surface area contributed by atoms with Crippen LogP contribution in [0.2, 0.25) is 0 Å². The molecule has 4 heteroatoms. The maximum Gasteiger partial charge on any atom is 0.0207 e. The van der Waals surface area contributed by atoms with E-state index in [4.69, 9.17) is 11.5 Å². The van der Waals surface area contributed by atoms with Crippen molar-refractivity contribution in [2.24, 2.45) is 11.5 Å². The second kappa shape index (κ2) is 1.99. The Balaban J connectivity index is 0.000000320. The van der Waals surface area contributed by atoms with Crippen LogP contribution in [0.25, 0.3) is 0 Å². The molecule has 0 radical (unpaired) electrons. The summed E-state index contributed by atoms with van der Waals surface area (Å²) in [5, 5.41) is 0. The fourth-order valence-corrected chi connectivity index (χ4v) is 1.95. The summed E-state index contributed by atoms with van der Waals surface area (Å²) in [6.45, 7) is 0. The molecular formula is C5H12Cl2N2. The molecule has 0 heterocycles. The molecular weight excluding hydrogens is 159 g/mol. The summed E-state index contributed by atoms with van der Waals surface area (Å²) in [5.41, 5.74) is 11.8. The molecule has 3 saturated carbocycles. The third-order valence-corrected chi connectivity index (χ3v) is 2.11. The normalized spacial score (nSPS) is 51.3. The highest BCUT2D eigenvalue weighted by atomic mass is 35.5. The molecule has 0 aliphatic heterocycles. The minimum Gasteiger partial charge on any atom is -0.325 e. The number of hydrogen-bond acceptors (Lipinski definition) is 2. The lowest BCUT2D eigenvalue weighted by Crippen LogP contribution is -2.80. The van der Waals surface area contributed by atoms with Crippen LogP contribution >= 0.6 is 24.8 Å². The van der Waals surface area contributed by atoms with E-state index < -0.39 is 0 Å². The summed E-state index contributed by atoms with van der Waals surface area (Å²) in [7, 11) is 0. The number of hydrogen-bond donors (Lipinski definition) is 2. The van der Waals surface area contributed by atoms with E-state index in [1.165, 1.54) is 0 Å². The average Bonchev–Trinajstić information content (AvgIpc) is 1.27. The van der Waals surface area contributed by atoms with Crippen molar-refractivity contribution in [3.63, 3.8) is 0 Å². The van der Waals surface area contributed by atoms with Gasteiger partial charge in [-0.25, -0.2) is 0 Å². The lowest BCUT2D eigenvalue weighted by molar-refractivity contribution is -0.0488. The first-order valence-electron chi connectivity index (χ1n) is 2.70. The molecule has 2 bridgehead atoms. The molecule has 0 unspecified atom stereocenters. The third-order valence-electron chi connectivity index (χ3n) is 2.11. The Bertz CT molecular complexity index is 94.4. The average molecular weight is 171 g/mol. The summed E-state index contributed by atoms with van der Waals surface area (Å²) < 4.78 is 0. The summed E-state index contributed by atoms with van der Waals surface area (Å²) in [6.07, 6.45) is 3.21. The van der Waals surface area contributed by atoms with Crippen molar-refractivity contribution in [3.05, 3.63) is 0 Å². The van der Waals surface area contributed by atoms with Crippen LogP contribution in [-0.2, 0) is 0 Å². The van der Waals surface area contributed by atoms with Gasteiger partial charge in [-0.2, -0.15) is 0 Å². The third kappa shape index (κ3) is 1.05. The first-order valence-corrected chi connectivity index (χ1v) is 2.70. The minimum atomic E-state index is 0. The zero-order chi connectivity index (χ0) is 5.12. The summed E-state index contributed by atoms with van der Waals surface area (Å²) in [4.78, 5) is 0. The lowest BCUT2D eigenvalue weighted by Gasteiger charge is -2.67. The zero-order valence-electron chi connectivity index (χ0n) is 5.09. The van der Waals surface area contributed by atoms with Gasteiger partial charge in [-0.3, -0.25) is 0 Å². The van der Waals surface area contributed by atoms with Crippen molar-refractivity contribution in [3.8, 4) is 0 Å². The van der Waals surface area contributed by atoms with Crippen LogP contribution in [0, 0.1) is 0 Å². The highest BCUT2D eigenvalue weighted by Gasteiger charge is 2.63. The Kier molecular flexibility index (Phi) is 2.10. The molecule has 56 valence electrons. The maximum absolute atomic E-state index is 5.69. The van der Waals surface area contributed by atoms with Gasteiger partial charge in [0.25, 0.3) is 0 Å². The first kappa shape index (κ1) is 9.50. The Morgan fingerprint density at radius 1 is 0.778 bits per heavy atom. The first-order chi connectivity index (χ1) is 3.12. The molecule has 0 aromatic heterocycles. The second-order valence-corrected chi connectivity index (χ2v) is 3.26. The van der Waals surface area contributed by atoms with Crippen LogP contribution in [0.1, 0.15) is 19.3 Å². The SMILES string of the molecule is Cl.Cl.NC12CC(N)(C1)C2. The van der Waals surface area contributed by atoms with Crippen LogP contribution in [-0.4, -0.2) is 11.1 Å². The molecule has 0 amide bonds. The summed E-state index contributed by atoms with van der Waals surface area (Å²) >= 11 is 0. The van der Waals surface area contributed by atoms with E-state index in [2.05, 4.69) is 0 Å². The van der Waals surface area contributed by atoms with Gasteiger partial charge in [0.15, 0.2) is 0 Å². The van der Waals surface area contributed by atoms with Gasteiger partial charge in [0.2, 0.25) is 0 Å². The predicted octanol–water partition coefficient (Wildman–Crippen LogP) is 0.422. The monoisotopic (exact) mass is 170 g/mol. The van der Waals surface area contributed by atoms with Gasteiger partial charge in [0.1, 0.15) is 0 Å². The van der Waals surface area contributed by atoms with E-state index in [1.807, 2.05) is 0 Å². The number of nitrogens with two attached hydrogens (primary N) is 2. The van der Waals surface area contributed by atoms with Crippen molar-refractivity contribution in [2.75, 3.05) is 0 Å².